The lowest BCUT2D eigenvalue weighted by atomic mass is 9.89. The van der Waals surface area contributed by atoms with Crippen LogP contribution in [0, 0.1) is 12.8 Å². The number of aryl methyl sites for hydroxylation is 1. The molecule has 1 rings (SSSR count). The third-order valence-corrected chi connectivity index (χ3v) is 2.90. The number of hydrogen-bond acceptors (Lipinski definition) is 2. The van der Waals surface area contributed by atoms with E-state index in [1.807, 2.05) is 6.92 Å². The largest absolute Gasteiger partial charge is 0.316 e. The number of hydrogen-bond donors (Lipinski definition) is 2. The second-order valence-electron chi connectivity index (χ2n) is 4.63. The lowest BCUT2D eigenvalue weighted by molar-refractivity contribution is 0.422. The van der Waals surface area contributed by atoms with Gasteiger partial charge < -0.3 is 11.5 Å². The van der Waals surface area contributed by atoms with Crippen LogP contribution in [0.4, 0.5) is 0 Å². The van der Waals surface area contributed by atoms with Gasteiger partial charge in [0.05, 0.1) is 6.17 Å². The molecule has 0 amide bonds. The van der Waals surface area contributed by atoms with Gasteiger partial charge in [0.1, 0.15) is 0 Å². The maximum Gasteiger partial charge on any atom is 0.0556 e. The van der Waals surface area contributed by atoms with Gasteiger partial charge in [-0.3, -0.25) is 0 Å². The summed E-state index contributed by atoms with van der Waals surface area (Å²) in [5.74, 6) is 0.276. The van der Waals surface area contributed by atoms with Crippen molar-refractivity contribution in [2.75, 3.05) is 0 Å². The van der Waals surface area contributed by atoms with E-state index >= 15 is 0 Å². The highest BCUT2D eigenvalue weighted by atomic mass is 14.9. The first kappa shape index (κ1) is 12.9. The second kappa shape index (κ2) is 5.83. The van der Waals surface area contributed by atoms with E-state index in [0.29, 0.717) is 0 Å². The number of allylic oxidation sites excluding steroid dienone is 1. The summed E-state index contributed by atoms with van der Waals surface area (Å²) in [7, 11) is 0. The monoisotopic (exact) mass is 218 g/mol. The molecule has 0 saturated carbocycles. The molecule has 0 fully saturated rings. The Morgan fingerprint density at radius 2 is 1.94 bits per heavy atom. The van der Waals surface area contributed by atoms with E-state index in [1.165, 1.54) is 11.1 Å². The predicted molar refractivity (Wildman–Crippen MR) is 70.0 cm³/mol. The van der Waals surface area contributed by atoms with E-state index in [-0.39, 0.29) is 12.1 Å². The zero-order chi connectivity index (χ0) is 12.1. The zero-order valence-electron chi connectivity index (χ0n) is 10.2. The summed E-state index contributed by atoms with van der Waals surface area (Å²) < 4.78 is 0. The van der Waals surface area contributed by atoms with Crippen molar-refractivity contribution in [2.24, 2.45) is 17.4 Å². The van der Waals surface area contributed by atoms with Gasteiger partial charge in [-0.2, -0.15) is 0 Å². The molecule has 0 saturated heterocycles. The van der Waals surface area contributed by atoms with Crippen molar-refractivity contribution < 1.29 is 0 Å². The summed E-state index contributed by atoms with van der Waals surface area (Å²) in [6.45, 7) is 8.07. The fraction of sp³-hybridized carbons (Fsp3) is 0.429. The maximum atomic E-state index is 5.82. The molecule has 1 aromatic rings. The van der Waals surface area contributed by atoms with Crippen LogP contribution in [0.2, 0.25) is 0 Å². The van der Waals surface area contributed by atoms with Gasteiger partial charge in [0, 0.05) is 0 Å². The van der Waals surface area contributed by atoms with Crippen LogP contribution in [0.3, 0.4) is 0 Å². The molecule has 0 aliphatic heterocycles. The molecule has 1 unspecified atom stereocenters. The molecule has 0 aliphatic carbocycles. The average molecular weight is 218 g/mol. The first-order valence-electron chi connectivity index (χ1n) is 5.70. The van der Waals surface area contributed by atoms with Crippen LogP contribution in [0.1, 0.15) is 24.5 Å². The minimum atomic E-state index is -0.281. The van der Waals surface area contributed by atoms with Crippen molar-refractivity contribution in [3.05, 3.63) is 47.5 Å². The van der Waals surface area contributed by atoms with Gasteiger partial charge in [-0.15, -0.1) is 6.58 Å². The summed E-state index contributed by atoms with van der Waals surface area (Å²) in [5.41, 5.74) is 15.4. The van der Waals surface area contributed by atoms with Crippen molar-refractivity contribution >= 4 is 0 Å². The van der Waals surface area contributed by atoms with E-state index < -0.39 is 0 Å². The van der Waals surface area contributed by atoms with Gasteiger partial charge in [-0.05, 0) is 43.7 Å². The standard InChI is InChI=1S/C14H22N2/c1-10(2)8-13(14(15)16)9-12-7-5-4-6-11(12)3/h4-7,13-14H,1,8-9,15-16H2,2-3H3. The lowest BCUT2D eigenvalue weighted by Crippen LogP contribution is -2.40. The third kappa shape index (κ3) is 3.80. The molecule has 4 N–H and O–H groups in total. The number of rotatable bonds is 5. The molecule has 1 aromatic carbocycles. The smallest absolute Gasteiger partial charge is 0.0556 e. The fourth-order valence-electron chi connectivity index (χ4n) is 1.91. The Labute approximate surface area is 98.3 Å². The highest BCUT2D eigenvalue weighted by Gasteiger charge is 2.15. The zero-order valence-corrected chi connectivity index (χ0v) is 10.2. The molecule has 16 heavy (non-hydrogen) atoms. The van der Waals surface area contributed by atoms with Crippen LogP contribution in [-0.2, 0) is 6.42 Å². The Hall–Kier alpha value is -1.12. The Kier molecular flexibility index (Phi) is 4.71. The first-order chi connectivity index (χ1) is 7.50. The molecule has 0 spiro atoms. The van der Waals surface area contributed by atoms with E-state index in [1.54, 1.807) is 0 Å². The second-order valence-corrected chi connectivity index (χ2v) is 4.63. The highest BCUT2D eigenvalue weighted by molar-refractivity contribution is 5.26. The first-order valence-corrected chi connectivity index (χ1v) is 5.70. The van der Waals surface area contributed by atoms with Gasteiger partial charge in [0.2, 0.25) is 0 Å². The summed E-state index contributed by atoms with van der Waals surface area (Å²) in [5, 5.41) is 0. The normalized spacial score (nSPS) is 12.8. The Bertz CT molecular complexity index is 356. The summed E-state index contributed by atoms with van der Waals surface area (Å²) in [4.78, 5) is 0. The van der Waals surface area contributed by atoms with Crippen LogP contribution >= 0.6 is 0 Å². The molecular weight excluding hydrogens is 196 g/mol. The summed E-state index contributed by atoms with van der Waals surface area (Å²) in [6.07, 6.45) is 1.54. The van der Waals surface area contributed by atoms with E-state index in [0.717, 1.165) is 18.4 Å². The maximum absolute atomic E-state index is 5.82. The minimum absolute atomic E-state index is 0.276. The molecule has 0 radical (unpaired) electrons. The molecule has 2 heteroatoms. The van der Waals surface area contributed by atoms with Crippen molar-refractivity contribution in [3.63, 3.8) is 0 Å². The van der Waals surface area contributed by atoms with Crippen LogP contribution in [0.25, 0.3) is 0 Å². The molecule has 0 aromatic heterocycles. The molecule has 2 nitrogen and oxygen atoms in total. The van der Waals surface area contributed by atoms with Crippen LogP contribution in [0.15, 0.2) is 36.4 Å². The van der Waals surface area contributed by atoms with Crippen LogP contribution in [-0.4, -0.2) is 6.17 Å². The van der Waals surface area contributed by atoms with Crippen LogP contribution < -0.4 is 11.5 Å². The van der Waals surface area contributed by atoms with Crippen molar-refractivity contribution in [1.82, 2.24) is 0 Å². The topological polar surface area (TPSA) is 52.0 Å². The Morgan fingerprint density at radius 3 is 2.44 bits per heavy atom. The van der Waals surface area contributed by atoms with Crippen molar-refractivity contribution in [1.29, 1.82) is 0 Å². The van der Waals surface area contributed by atoms with Gasteiger partial charge in [0.15, 0.2) is 0 Å². The number of nitrogens with two attached hydrogens (primary N) is 2. The molecule has 88 valence electrons. The van der Waals surface area contributed by atoms with Gasteiger partial charge in [0.25, 0.3) is 0 Å². The third-order valence-electron chi connectivity index (χ3n) is 2.90. The van der Waals surface area contributed by atoms with E-state index in [9.17, 15) is 0 Å². The fourth-order valence-corrected chi connectivity index (χ4v) is 1.91. The minimum Gasteiger partial charge on any atom is -0.316 e. The molecule has 0 aliphatic rings. The van der Waals surface area contributed by atoms with Gasteiger partial charge >= 0.3 is 0 Å². The highest BCUT2D eigenvalue weighted by Crippen LogP contribution is 2.19. The van der Waals surface area contributed by atoms with E-state index in [4.69, 9.17) is 11.5 Å². The Balaban J connectivity index is 2.76. The molecule has 0 heterocycles. The molecular formula is C14H22N2. The van der Waals surface area contributed by atoms with Gasteiger partial charge in [-0.25, -0.2) is 0 Å². The SMILES string of the molecule is C=C(C)CC(Cc1ccccc1C)C(N)N. The quantitative estimate of drug-likeness (QED) is 0.589. The predicted octanol–water partition coefficient (Wildman–Crippen LogP) is 2.36. The van der Waals surface area contributed by atoms with Crippen LogP contribution in [0.5, 0.6) is 0 Å². The van der Waals surface area contributed by atoms with Gasteiger partial charge in [-0.1, -0.05) is 29.8 Å². The molecule has 1 atom stereocenters. The summed E-state index contributed by atoms with van der Waals surface area (Å²) >= 11 is 0. The van der Waals surface area contributed by atoms with Crippen molar-refractivity contribution in [3.8, 4) is 0 Å². The van der Waals surface area contributed by atoms with E-state index in [2.05, 4.69) is 37.8 Å². The van der Waals surface area contributed by atoms with Crippen molar-refractivity contribution in [2.45, 2.75) is 32.9 Å². The average Bonchev–Trinajstić information content (AvgIpc) is 2.19. The molecule has 0 bridgehead atoms. The summed E-state index contributed by atoms with van der Waals surface area (Å²) in [6, 6.07) is 8.37. The Morgan fingerprint density at radius 1 is 1.31 bits per heavy atom. The lowest BCUT2D eigenvalue weighted by Gasteiger charge is -2.21. The number of benzene rings is 1.